The average molecular weight is 339 g/mol. The van der Waals surface area contributed by atoms with E-state index in [0.717, 1.165) is 5.69 Å². The fourth-order valence-electron chi connectivity index (χ4n) is 1.95. The Kier molecular flexibility index (Phi) is 4.57. The molecular weight excluding hydrogens is 326 g/mol. The quantitative estimate of drug-likeness (QED) is 0.762. The summed E-state index contributed by atoms with van der Waals surface area (Å²) < 4.78 is 0. The van der Waals surface area contributed by atoms with Gasteiger partial charge in [0.25, 0.3) is 5.91 Å². The molecule has 0 unspecified atom stereocenters. The van der Waals surface area contributed by atoms with Gasteiger partial charge in [0, 0.05) is 30.3 Å². The van der Waals surface area contributed by atoms with Crippen LogP contribution in [-0.2, 0) is 4.79 Å². The lowest BCUT2D eigenvalue weighted by molar-refractivity contribution is -0.114. The number of anilines is 2. The molecular formula is C16H13N5O2S. The molecule has 8 heteroatoms. The molecule has 0 aliphatic heterocycles. The molecule has 0 saturated carbocycles. The summed E-state index contributed by atoms with van der Waals surface area (Å²) in [7, 11) is 0. The summed E-state index contributed by atoms with van der Waals surface area (Å²) in [5.74, 6) is -0.255. The first-order chi connectivity index (χ1) is 11.6. The van der Waals surface area contributed by atoms with Gasteiger partial charge in [-0.15, -0.1) is 11.3 Å². The molecule has 0 bridgehead atoms. The number of rotatable bonds is 4. The summed E-state index contributed by atoms with van der Waals surface area (Å²) in [6.07, 6.45) is 3.15. The minimum Gasteiger partial charge on any atom is -0.311 e. The Labute approximate surface area is 141 Å². The van der Waals surface area contributed by atoms with E-state index in [1.807, 2.05) is 23.6 Å². The standard InChI is InChI=1S/C16H13N5O2S/c1-10(22)19-14-8-11(5-7-18-14)15(23)21-16-20-13(9-24-16)12-4-2-3-6-17-12/h2-9H,1H3,(H,18,19,22)(H,20,21,23). The molecule has 0 aliphatic rings. The van der Waals surface area contributed by atoms with E-state index in [0.29, 0.717) is 22.2 Å². The summed E-state index contributed by atoms with van der Waals surface area (Å²) in [5.41, 5.74) is 1.82. The molecule has 120 valence electrons. The van der Waals surface area contributed by atoms with Crippen LogP contribution in [0.2, 0.25) is 0 Å². The molecule has 0 aliphatic carbocycles. The molecule has 24 heavy (non-hydrogen) atoms. The number of nitrogens with zero attached hydrogens (tertiary/aromatic N) is 3. The molecule has 0 radical (unpaired) electrons. The largest absolute Gasteiger partial charge is 0.311 e. The highest BCUT2D eigenvalue weighted by atomic mass is 32.1. The molecule has 0 spiro atoms. The first kappa shape index (κ1) is 15.8. The van der Waals surface area contributed by atoms with Gasteiger partial charge in [0.05, 0.1) is 5.69 Å². The van der Waals surface area contributed by atoms with E-state index in [1.165, 1.54) is 30.5 Å². The lowest BCUT2D eigenvalue weighted by Crippen LogP contribution is -2.13. The number of carbonyl (C=O) groups is 2. The lowest BCUT2D eigenvalue weighted by atomic mass is 10.2. The predicted molar refractivity (Wildman–Crippen MR) is 91.8 cm³/mol. The summed E-state index contributed by atoms with van der Waals surface area (Å²) in [6, 6.07) is 8.62. The second kappa shape index (κ2) is 6.97. The highest BCUT2D eigenvalue weighted by molar-refractivity contribution is 7.14. The molecule has 3 heterocycles. The van der Waals surface area contributed by atoms with E-state index in [9.17, 15) is 9.59 Å². The third-order valence-corrected chi connectivity index (χ3v) is 3.74. The minimum atomic E-state index is -0.328. The van der Waals surface area contributed by atoms with Gasteiger partial charge in [-0.1, -0.05) is 6.07 Å². The van der Waals surface area contributed by atoms with Crippen molar-refractivity contribution in [2.75, 3.05) is 10.6 Å². The van der Waals surface area contributed by atoms with Gasteiger partial charge in [0.1, 0.15) is 11.5 Å². The van der Waals surface area contributed by atoms with Gasteiger partial charge >= 0.3 is 0 Å². The third-order valence-electron chi connectivity index (χ3n) is 2.98. The van der Waals surface area contributed by atoms with Crippen molar-refractivity contribution >= 4 is 34.1 Å². The van der Waals surface area contributed by atoms with Crippen LogP contribution in [-0.4, -0.2) is 26.8 Å². The Hall–Kier alpha value is -3.13. The first-order valence-electron chi connectivity index (χ1n) is 7.04. The summed E-state index contributed by atoms with van der Waals surface area (Å²) >= 11 is 1.31. The molecule has 0 aromatic carbocycles. The number of thiazole rings is 1. The smallest absolute Gasteiger partial charge is 0.257 e. The van der Waals surface area contributed by atoms with Gasteiger partial charge in [-0.05, 0) is 24.3 Å². The summed E-state index contributed by atoms with van der Waals surface area (Å²) in [4.78, 5) is 35.9. The second-order valence-corrected chi connectivity index (χ2v) is 5.68. The number of aromatic nitrogens is 3. The van der Waals surface area contributed by atoms with Gasteiger partial charge in [-0.25, -0.2) is 9.97 Å². The number of carbonyl (C=O) groups excluding carboxylic acids is 2. The van der Waals surface area contributed by atoms with Crippen molar-refractivity contribution in [2.45, 2.75) is 6.92 Å². The molecule has 3 rings (SSSR count). The normalized spacial score (nSPS) is 10.2. The number of hydrogen-bond donors (Lipinski definition) is 2. The predicted octanol–water partition coefficient (Wildman–Crippen LogP) is 2.81. The average Bonchev–Trinajstić information content (AvgIpc) is 3.04. The van der Waals surface area contributed by atoms with E-state index in [2.05, 4.69) is 25.6 Å². The zero-order valence-electron chi connectivity index (χ0n) is 12.7. The maximum absolute atomic E-state index is 12.3. The monoisotopic (exact) mass is 339 g/mol. The van der Waals surface area contributed by atoms with Crippen molar-refractivity contribution in [1.29, 1.82) is 0 Å². The molecule has 2 N–H and O–H groups in total. The van der Waals surface area contributed by atoms with Crippen LogP contribution >= 0.6 is 11.3 Å². The van der Waals surface area contributed by atoms with Crippen molar-refractivity contribution in [3.63, 3.8) is 0 Å². The van der Waals surface area contributed by atoms with E-state index in [4.69, 9.17) is 0 Å². The van der Waals surface area contributed by atoms with Crippen molar-refractivity contribution in [2.24, 2.45) is 0 Å². The Morgan fingerprint density at radius 2 is 1.92 bits per heavy atom. The Bertz CT molecular complexity index is 879. The van der Waals surface area contributed by atoms with E-state index >= 15 is 0 Å². The van der Waals surface area contributed by atoms with E-state index in [-0.39, 0.29) is 11.8 Å². The van der Waals surface area contributed by atoms with Crippen LogP contribution in [0.25, 0.3) is 11.4 Å². The molecule has 7 nitrogen and oxygen atoms in total. The molecule has 0 saturated heterocycles. The van der Waals surface area contributed by atoms with Crippen LogP contribution in [0.1, 0.15) is 17.3 Å². The topological polar surface area (TPSA) is 96.9 Å². The van der Waals surface area contributed by atoms with E-state index < -0.39 is 0 Å². The lowest BCUT2D eigenvalue weighted by Gasteiger charge is -2.04. The SMILES string of the molecule is CC(=O)Nc1cc(C(=O)Nc2nc(-c3ccccn3)cs2)ccn1. The molecule has 0 atom stereocenters. The minimum absolute atomic E-state index is 0.250. The fraction of sp³-hybridized carbons (Fsp3) is 0.0625. The Morgan fingerprint density at radius 3 is 2.67 bits per heavy atom. The highest BCUT2D eigenvalue weighted by Crippen LogP contribution is 2.23. The van der Waals surface area contributed by atoms with Gasteiger partial charge in [-0.3, -0.25) is 19.9 Å². The molecule has 3 aromatic rings. The maximum Gasteiger partial charge on any atom is 0.257 e. The zero-order chi connectivity index (χ0) is 16.9. The molecule has 0 fully saturated rings. The van der Waals surface area contributed by atoms with Crippen LogP contribution in [0.15, 0.2) is 48.1 Å². The molecule has 3 aromatic heterocycles. The van der Waals surface area contributed by atoms with Crippen molar-refractivity contribution in [3.05, 3.63) is 53.7 Å². The Morgan fingerprint density at radius 1 is 1.04 bits per heavy atom. The van der Waals surface area contributed by atoms with Crippen LogP contribution < -0.4 is 10.6 Å². The number of pyridine rings is 2. The fourth-order valence-corrected chi connectivity index (χ4v) is 2.65. The number of hydrogen-bond acceptors (Lipinski definition) is 6. The van der Waals surface area contributed by atoms with Gasteiger partial charge in [-0.2, -0.15) is 0 Å². The van der Waals surface area contributed by atoms with Crippen LogP contribution in [0.3, 0.4) is 0 Å². The van der Waals surface area contributed by atoms with Crippen LogP contribution in [0.5, 0.6) is 0 Å². The molecule has 2 amide bonds. The zero-order valence-corrected chi connectivity index (χ0v) is 13.5. The van der Waals surface area contributed by atoms with Gasteiger partial charge in [0.15, 0.2) is 5.13 Å². The second-order valence-electron chi connectivity index (χ2n) is 4.82. The Balaban J connectivity index is 1.73. The van der Waals surface area contributed by atoms with Crippen molar-refractivity contribution in [3.8, 4) is 11.4 Å². The van der Waals surface area contributed by atoms with Gasteiger partial charge < -0.3 is 5.32 Å². The highest BCUT2D eigenvalue weighted by Gasteiger charge is 2.11. The third kappa shape index (κ3) is 3.79. The number of amides is 2. The number of nitrogens with one attached hydrogen (secondary N) is 2. The van der Waals surface area contributed by atoms with Crippen LogP contribution in [0.4, 0.5) is 10.9 Å². The maximum atomic E-state index is 12.3. The van der Waals surface area contributed by atoms with Gasteiger partial charge in [0.2, 0.25) is 5.91 Å². The summed E-state index contributed by atoms with van der Waals surface area (Å²) in [5, 5.41) is 7.56. The first-order valence-corrected chi connectivity index (χ1v) is 7.92. The van der Waals surface area contributed by atoms with E-state index in [1.54, 1.807) is 12.3 Å². The van der Waals surface area contributed by atoms with Crippen LogP contribution in [0, 0.1) is 0 Å². The summed E-state index contributed by atoms with van der Waals surface area (Å²) in [6.45, 7) is 1.38. The van der Waals surface area contributed by atoms with Crippen molar-refractivity contribution in [1.82, 2.24) is 15.0 Å². The van der Waals surface area contributed by atoms with Crippen molar-refractivity contribution < 1.29 is 9.59 Å².